The van der Waals surface area contributed by atoms with E-state index in [1.54, 1.807) is 52.3 Å². The van der Waals surface area contributed by atoms with Gasteiger partial charge in [0.05, 0.1) is 0 Å². The van der Waals surface area contributed by atoms with Crippen molar-refractivity contribution in [3.63, 3.8) is 0 Å². The van der Waals surface area contributed by atoms with E-state index in [9.17, 15) is 14.0 Å². The lowest BCUT2D eigenvalue weighted by molar-refractivity contribution is 0.0958. The lowest BCUT2D eigenvalue weighted by atomic mass is 10.1. The number of hydrogen-bond acceptors (Lipinski definition) is 2. The monoisotopic (exact) mass is 367 g/mol. The Morgan fingerprint density at radius 3 is 2.48 bits per heavy atom. The second-order valence-electron chi connectivity index (χ2n) is 6.38. The summed E-state index contributed by atoms with van der Waals surface area (Å²) in [6, 6.07) is 13.1. The fourth-order valence-electron chi connectivity index (χ4n) is 3.04. The van der Waals surface area contributed by atoms with Crippen LogP contribution >= 0.6 is 0 Å². The number of anilines is 1. The van der Waals surface area contributed by atoms with Crippen LogP contribution in [-0.2, 0) is 6.54 Å². The maximum atomic E-state index is 13.1. The zero-order valence-electron chi connectivity index (χ0n) is 15.0. The second-order valence-corrected chi connectivity index (χ2v) is 6.38. The number of carbonyl (C=O) groups is 2. The highest BCUT2D eigenvalue weighted by Crippen LogP contribution is 2.22. The van der Waals surface area contributed by atoms with E-state index in [4.69, 9.17) is 0 Å². The van der Waals surface area contributed by atoms with E-state index in [1.807, 2.05) is 0 Å². The summed E-state index contributed by atoms with van der Waals surface area (Å²) in [5.41, 5.74) is 2.18. The molecule has 5 nitrogen and oxygen atoms in total. The summed E-state index contributed by atoms with van der Waals surface area (Å²) in [6.45, 7) is 5.70. The molecule has 2 aromatic rings. The van der Waals surface area contributed by atoms with Crippen molar-refractivity contribution in [2.24, 2.45) is 0 Å². The van der Waals surface area contributed by atoms with Gasteiger partial charge in [-0.1, -0.05) is 18.2 Å². The van der Waals surface area contributed by atoms with Crippen LogP contribution in [0.2, 0.25) is 0 Å². The van der Waals surface area contributed by atoms with Gasteiger partial charge < -0.3 is 10.2 Å². The summed E-state index contributed by atoms with van der Waals surface area (Å²) in [6.07, 6.45) is 2.46. The van der Waals surface area contributed by atoms with Crippen LogP contribution in [0.15, 0.2) is 61.2 Å². The van der Waals surface area contributed by atoms with Gasteiger partial charge in [-0.05, 0) is 48.4 Å². The summed E-state index contributed by atoms with van der Waals surface area (Å²) in [5.74, 6) is -0.466. The number of rotatable bonds is 6. The molecular formula is C21H22FN3O2. The largest absolute Gasteiger partial charge is 0.349 e. The van der Waals surface area contributed by atoms with Gasteiger partial charge >= 0.3 is 6.03 Å². The van der Waals surface area contributed by atoms with Gasteiger partial charge in [-0.2, -0.15) is 0 Å². The maximum absolute atomic E-state index is 13.1. The molecule has 0 unspecified atom stereocenters. The second kappa shape index (κ2) is 8.49. The third-order valence-corrected chi connectivity index (χ3v) is 4.45. The molecule has 27 heavy (non-hydrogen) atoms. The van der Waals surface area contributed by atoms with Crippen molar-refractivity contribution in [1.82, 2.24) is 10.2 Å². The van der Waals surface area contributed by atoms with Crippen LogP contribution in [0.5, 0.6) is 0 Å². The fourth-order valence-corrected chi connectivity index (χ4v) is 3.04. The van der Waals surface area contributed by atoms with E-state index in [2.05, 4.69) is 11.9 Å². The minimum absolute atomic E-state index is 0.0885. The smallest absolute Gasteiger partial charge is 0.324 e. The number of nitrogens with one attached hydrogen (secondary N) is 1. The van der Waals surface area contributed by atoms with E-state index >= 15 is 0 Å². The minimum atomic E-state index is -0.289. The topological polar surface area (TPSA) is 52.7 Å². The van der Waals surface area contributed by atoms with E-state index < -0.39 is 0 Å². The molecule has 140 valence electrons. The van der Waals surface area contributed by atoms with E-state index in [0.717, 1.165) is 17.7 Å². The van der Waals surface area contributed by atoms with Gasteiger partial charge in [-0.25, -0.2) is 9.18 Å². The first kappa shape index (κ1) is 18.6. The van der Waals surface area contributed by atoms with Gasteiger partial charge in [-0.3, -0.25) is 9.69 Å². The lowest BCUT2D eigenvalue weighted by Crippen LogP contribution is -2.49. The molecule has 1 N–H and O–H groups in total. The first-order valence-electron chi connectivity index (χ1n) is 8.88. The summed E-state index contributed by atoms with van der Waals surface area (Å²) >= 11 is 0. The Morgan fingerprint density at radius 2 is 1.81 bits per heavy atom. The van der Waals surface area contributed by atoms with Crippen molar-refractivity contribution in [3.05, 3.63) is 78.1 Å². The van der Waals surface area contributed by atoms with Crippen molar-refractivity contribution < 1.29 is 14.0 Å². The van der Waals surface area contributed by atoms with Crippen LogP contribution in [0, 0.1) is 5.82 Å². The number of halogens is 1. The first-order chi connectivity index (χ1) is 13.1. The molecule has 0 aromatic heterocycles. The first-order valence-corrected chi connectivity index (χ1v) is 8.88. The molecule has 1 aliphatic rings. The molecule has 0 atom stereocenters. The van der Waals surface area contributed by atoms with Gasteiger partial charge in [0.25, 0.3) is 5.91 Å². The maximum Gasteiger partial charge on any atom is 0.324 e. The predicted octanol–water partition coefficient (Wildman–Crippen LogP) is 3.57. The Balaban J connectivity index is 1.68. The molecule has 3 amide bonds. The molecule has 1 heterocycles. The Kier molecular flexibility index (Phi) is 5.86. The van der Waals surface area contributed by atoms with Crippen molar-refractivity contribution in [2.45, 2.75) is 13.0 Å². The molecule has 3 rings (SSSR count). The van der Waals surface area contributed by atoms with Crippen LogP contribution < -0.4 is 10.2 Å². The highest BCUT2D eigenvalue weighted by molar-refractivity contribution is 5.96. The zero-order chi connectivity index (χ0) is 19.2. The molecule has 0 saturated carbocycles. The molecule has 2 aromatic carbocycles. The highest BCUT2D eigenvalue weighted by Gasteiger charge is 2.26. The molecule has 0 bridgehead atoms. The average molecular weight is 367 g/mol. The average Bonchev–Trinajstić information content (AvgIpc) is 2.69. The molecule has 0 radical (unpaired) electrons. The number of nitrogens with zero attached hydrogens (tertiary/aromatic N) is 2. The Labute approximate surface area is 158 Å². The van der Waals surface area contributed by atoms with Crippen molar-refractivity contribution in [2.75, 3.05) is 24.5 Å². The quantitative estimate of drug-likeness (QED) is 0.794. The number of amides is 3. The molecule has 1 fully saturated rings. The molecule has 6 heteroatoms. The predicted molar refractivity (Wildman–Crippen MR) is 103 cm³/mol. The van der Waals surface area contributed by atoms with Crippen LogP contribution in [0.3, 0.4) is 0 Å². The zero-order valence-corrected chi connectivity index (χ0v) is 15.0. The van der Waals surface area contributed by atoms with E-state index in [0.29, 0.717) is 31.7 Å². The van der Waals surface area contributed by atoms with Crippen molar-refractivity contribution in [1.29, 1.82) is 0 Å². The van der Waals surface area contributed by atoms with Crippen LogP contribution in [0.1, 0.15) is 22.3 Å². The van der Waals surface area contributed by atoms with Crippen molar-refractivity contribution in [3.8, 4) is 0 Å². The third-order valence-electron chi connectivity index (χ3n) is 4.45. The molecule has 0 aliphatic carbocycles. The summed E-state index contributed by atoms with van der Waals surface area (Å²) in [7, 11) is 0. The normalized spacial score (nSPS) is 14.2. The number of benzene rings is 2. The van der Waals surface area contributed by atoms with Gasteiger partial charge in [0, 0.05) is 37.4 Å². The summed E-state index contributed by atoms with van der Waals surface area (Å²) < 4.78 is 13.1. The Bertz CT molecular complexity index is 818. The SMILES string of the molecule is C=CCNC(=O)c1ccc(N2CCCN(Cc3ccc(F)cc3)C2=O)cc1. The van der Waals surface area contributed by atoms with E-state index in [-0.39, 0.29) is 17.8 Å². The highest BCUT2D eigenvalue weighted by atomic mass is 19.1. The van der Waals surface area contributed by atoms with E-state index in [1.165, 1.54) is 12.1 Å². The fraction of sp³-hybridized carbons (Fsp3) is 0.238. The Morgan fingerprint density at radius 1 is 1.11 bits per heavy atom. The third kappa shape index (κ3) is 4.53. The summed E-state index contributed by atoms with van der Waals surface area (Å²) in [5, 5.41) is 2.72. The lowest BCUT2D eigenvalue weighted by Gasteiger charge is -2.35. The van der Waals surface area contributed by atoms with Gasteiger partial charge in [-0.15, -0.1) is 6.58 Å². The van der Waals surface area contributed by atoms with Crippen molar-refractivity contribution >= 4 is 17.6 Å². The number of carbonyl (C=O) groups excluding carboxylic acids is 2. The van der Waals surface area contributed by atoms with Crippen LogP contribution in [-0.4, -0.2) is 36.5 Å². The van der Waals surface area contributed by atoms with Crippen LogP contribution in [0.4, 0.5) is 14.9 Å². The minimum Gasteiger partial charge on any atom is -0.349 e. The summed E-state index contributed by atoms with van der Waals surface area (Å²) in [4.78, 5) is 28.3. The molecular weight excluding hydrogens is 345 g/mol. The molecule has 1 aliphatic heterocycles. The Hall–Kier alpha value is -3.15. The molecule has 0 spiro atoms. The standard InChI is InChI=1S/C21H22FN3O2/c1-2-12-23-20(26)17-6-10-19(11-7-17)25-14-3-13-24(21(25)27)15-16-4-8-18(22)9-5-16/h2,4-11H,1,3,12-15H2,(H,23,26). The van der Waals surface area contributed by atoms with Gasteiger partial charge in [0.2, 0.25) is 0 Å². The van der Waals surface area contributed by atoms with Gasteiger partial charge in [0.1, 0.15) is 5.82 Å². The number of hydrogen-bond donors (Lipinski definition) is 1. The van der Waals surface area contributed by atoms with Crippen LogP contribution in [0.25, 0.3) is 0 Å². The molecule has 1 saturated heterocycles. The number of urea groups is 1. The van der Waals surface area contributed by atoms with Gasteiger partial charge in [0.15, 0.2) is 0 Å².